The van der Waals surface area contributed by atoms with Crippen molar-refractivity contribution < 1.29 is 19.2 Å². The molecule has 2 aromatic carbocycles. The quantitative estimate of drug-likeness (QED) is 0.581. The minimum absolute atomic E-state index is 0.112. The number of hydrogen-bond acceptors (Lipinski definition) is 5. The topological polar surface area (TPSA) is 64.9 Å². The number of hydrogen-bond donors (Lipinski definition) is 2. The monoisotopic (exact) mass is 426 g/mol. The van der Waals surface area contributed by atoms with Crippen LogP contribution in [0.5, 0.6) is 11.5 Å². The number of aromatic nitrogens is 1. The number of amides is 1. The maximum Gasteiger partial charge on any atom is 0.263 e. The van der Waals surface area contributed by atoms with E-state index in [2.05, 4.69) is 48.7 Å². The van der Waals surface area contributed by atoms with Gasteiger partial charge in [-0.2, -0.15) is 0 Å². The molecule has 6 nitrogen and oxygen atoms in total. The van der Waals surface area contributed by atoms with Crippen molar-refractivity contribution in [2.45, 2.75) is 20.0 Å². The summed E-state index contributed by atoms with van der Waals surface area (Å²) in [5.41, 5.74) is 3.95. The lowest BCUT2D eigenvalue weighted by Gasteiger charge is -2.08. The second kappa shape index (κ2) is 9.73. The van der Waals surface area contributed by atoms with Gasteiger partial charge in [0.05, 0.1) is 34.0 Å². The van der Waals surface area contributed by atoms with E-state index in [1.807, 2.05) is 25.1 Å². The van der Waals surface area contributed by atoms with Crippen LogP contribution >= 0.6 is 11.3 Å². The van der Waals surface area contributed by atoms with Gasteiger partial charge in [-0.25, -0.2) is 4.98 Å². The molecule has 3 aromatic rings. The maximum absolute atomic E-state index is 12.7. The molecule has 0 saturated heterocycles. The van der Waals surface area contributed by atoms with Gasteiger partial charge in [-0.15, -0.1) is 11.3 Å². The molecule has 30 heavy (non-hydrogen) atoms. The van der Waals surface area contributed by atoms with Crippen molar-refractivity contribution in [2.75, 3.05) is 28.3 Å². The summed E-state index contributed by atoms with van der Waals surface area (Å²) >= 11 is 1.38. The highest BCUT2D eigenvalue weighted by molar-refractivity contribution is 7.17. The minimum atomic E-state index is -0.112. The zero-order chi connectivity index (χ0) is 21.7. The van der Waals surface area contributed by atoms with E-state index < -0.39 is 0 Å². The number of benzene rings is 2. The van der Waals surface area contributed by atoms with E-state index in [1.54, 1.807) is 14.2 Å². The molecule has 0 bridgehead atoms. The summed E-state index contributed by atoms with van der Waals surface area (Å²) in [5, 5.41) is 3.78. The van der Waals surface area contributed by atoms with Gasteiger partial charge in [-0.1, -0.05) is 24.3 Å². The predicted octanol–water partition coefficient (Wildman–Crippen LogP) is 2.71. The van der Waals surface area contributed by atoms with Crippen LogP contribution in [-0.4, -0.2) is 39.2 Å². The first-order valence-electron chi connectivity index (χ1n) is 9.76. The van der Waals surface area contributed by atoms with Crippen LogP contribution in [0.4, 0.5) is 0 Å². The Hall–Kier alpha value is -2.90. The molecule has 0 unspecified atom stereocenters. The number of carbonyl (C=O) groups is 1. The summed E-state index contributed by atoms with van der Waals surface area (Å²) in [6, 6.07) is 14.0. The Morgan fingerprint density at radius 1 is 1.03 bits per heavy atom. The van der Waals surface area contributed by atoms with Crippen LogP contribution in [0, 0.1) is 6.92 Å². The predicted molar refractivity (Wildman–Crippen MR) is 120 cm³/mol. The fraction of sp³-hybridized carbons (Fsp3) is 0.304. The van der Waals surface area contributed by atoms with Crippen LogP contribution in [0.1, 0.15) is 26.5 Å². The maximum atomic E-state index is 12.7. The van der Waals surface area contributed by atoms with Gasteiger partial charge in [0.15, 0.2) is 11.5 Å². The average molecular weight is 427 g/mol. The first-order chi connectivity index (χ1) is 14.4. The number of methoxy groups -OCH3 is 2. The Bertz CT molecular complexity index is 1010. The number of carbonyl (C=O) groups excluding carboxylic acids is 1. The Morgan fingerprint density at radius 2 is 1.70 bits per heavy atom. The average Bonchev–Trinajstić information content (AvgIpc) is 3.13. The third-order valence-corrected chi connectivity index (χ3v) is 5.87. The van der Waals surface area contributed by atoms with Gasteiger partial charge in [-0.3, -0.25) is 4.79 Å². The molecule has 0 radical (unpaired) electrons. The molecule has 1 amide bonds. The van der Waals surface area contributed by atoms with Gasteiger partial charge in [-0.05, 0) is 30.7 Å². The summed E-state index contributed by atoms with van der Waals surface area (Å²) in [5.74, 6) is 1.18. The number of rotatable bonds is 8. The van der Waals surface area contributed by atoms with Crippen molar-refractivity contribution in [1.29, 1.82) is 0 Å². The highest BCUT2D eigenvalue weighted by Gasteiger charge is 2.17. The molecule has 0 saturated carbocycles. The molecule has 0 aliphatic carbocycles. The number of aryl methyl sites for hydroxylation is 1. The van der Waals surface area contributed by atoms with Crippen molar-refractivity contribution in [2.24, 2.45) is 0 Å². The number of quaternary nitrogens is 1. The lowest BCUT2D eigenvalue weighted by atomic mass is 10.1. The standard InChI is InChI=1S/C23H27N3O3S/c1-15-21(22(27)24-13-16-6-8-17(9-7-16)14-26(2)3)30-23(25-15)18-10-11-19(28-4)20(12-18)29-5/h6-12H,13-14H2,1-5H3,(H,24,27)/p+1. The molecule has 2 N–H and O–H groups in total. The second-order valence-electron chi connectivity index (χ2n) is 7.39. The molecule has 1 heterocycles. The van der Waals surface area contributed by atoms with Crippen LogP contribution in [-0.2, 0) is 13.1 Å². The van der Waals surface area contributed by atoms with Crippen molar-refractivity contribution >= 4 is 17.2 Å². The molecular weight excluding hydrogens is 398 g/mol. The van der Waals surface area contributed by atoms with Gasteiger partial charge >= 0.3 is 0 Å². The Kier molecular flexibility index (Phi) is 7.07. The van der Waals surface area contributed by atoms with E-state index >= 15 is 0 Å². The number of nitrogens with zero attached hydrogens (tertiary/aromatic N) is 1. The minimum Gasteiger partial charge on any atom is -0.493 e. The summed E-state index contributed by atoms with van der Waals surface area (Å²) in [7, 11) is 7.45. The van der Waals surface area contributed by atoms with Crippen molar-refractivity contribution in [1.82, 2.24) is 10.3 Å². The summed E-state index contributed by atoms with van der Waals surface area (Å²) in [6.45, 7) is 3.32. The first kappa shape index (κ1) is 21.8. The van der Waals surface area contributed by atoms with Gasteiger partial charge < -0.3 is 19.7 Å². The SMILES string of the molecule is COc1ccc(-c2nc(C)c(C(=O)NCc3ccc(C[NH+](C)C)cc3)s2)cc1OC. The van der Waals surface area contributed by atoms with Crippen LogP contribution in [0.25, 0.3) is 10.6 Å². The van der Waals surface area contributed by atoms with Crippen LogP contribution in [0.15, 0.2) is 42.5 Å². The smallest absolute Gasteiger partial charge is 0.263 e. The molecule has 1 aromatic heterocycles. The third-order valence-electron chi connectivity index (χ3n) is 4.67. The first-order valence-corrected chi connectivity index (χ1v) is 10.6. The van der Waals surface area contributed by atoms with E-state index in [1.165, 1.54) is 21.8 Å². The highest BCUT2D eigenvalue weighted by Crippen LogP contribution is 2.34. The van der Waals surface area contributed by atoms with E-state index in [9.17, 15) is 4.79 Å². The van der Waals surface area contributed by atoms with E-state index in [-0.39, 0.29) is 5.91 Å². The van der Waals surface area contributed by atoms with Crippen molar-refractivity contribution in [3.63, 3.8) is 0 Å². The van der Waals surface area contributed by atoms with Gasteiger partial charge in [0.1, 0.15) is 16.4 Å². The molecule has 0 spiro atoms. The van der Waals surface area contributed by atoms with Crippen LogP contribution in [0.2, 0.25) is 0 Å². The van der Waals surface area contributed by atoms with Crippen LogP contribution in [0.3, 0.4) is 0 Å². The van der Waals surface area contributed by atoms with E-state index in [4.69, 9.17) is 9.47 Å². The van der Waals surface area contributed by atoms with E-state index in [0.717, 1.165) is 22.7 Å². The highest BCUT2D eigenvalue weighted by atomic mass is 32.1. The summed E-state index contributed by atoms with van der Waals surface area (Å²) in [4.78, 5) is 19.3. The fourth-order valence-corrected chi connectivity index (χ4v) is 4.12. The van der Waals surface area contributed by atoms with Crippen molar-refractivity contribution in [3.05, 3.63) is 64.2 Å². The molecule has 7 heteroatoms. The zero-order valence-electron chi connectivity index (χ0n) is 18.0. The number of ether oxygens (including phenoxy) is 2. The normalized spacial score (nSPS) is 10.9. The van der Waals surface area contributed by atoms with Gasteiger partial charge in [0.2, 0.25) is 0 Å². The number of nitrogens with one attached hydrogen (secondary N) is 2. The number of thiazole rings is 1. The molecule has 0 fully saturated rings. The fourth-order valence-electron chi connectivity index (χ4n) is 3.15. The van der Waals surface area contributed by atoms with Gasteiger partial charge in [0.25, 0.3) is 5.91 Å². The lowest BCUT2D eigenvalue weighted by Crippen LogP contribution is -3.04. The Morgan fingerprint density at radius 3 is 2.33 bits per heavy atom. The molecule has 0 aliphatic heterocycles. The Balaban J connectivity index is 1.69. The van der Waals surface area contributed by atoms with Crippen LogP contribution < -0.4 is 19.7 Å². The molecular formula is C23H28N3O3S+. The Labute approximate surface area is 181 Å². The summed E-state index contributed by atoms with van der Waals surface area (Å²) < 4.78 is 10.7. The second-order valence-corrected chi connectivity index (χ2v) is 8.39. The molecule has 0 aliphatic rings. The van der Waals surface area contributed by atoms with Crippen molar-refractivity contribution in [3.8, 4) is 22.1 Å². The van der Waals surface area contributed by atoms with E-state index in [0.29, 0.717) is 28.6 Å². The largest absolute Gasteiger partial charge is 0.493 e. The molecule has 0 atom stereocenters. The molecule has 3 rings (SSSR count). The zero-order valence-corrected chi connectivity index (χ0v) is 18.9. The van der Waals surface area contributed by atoms with Gasteiger partial charge in [0, 0.05) is 17.7 Å². The lowest BCUT2D eigenvalue weighted by molar-refractivity contribution is -0.872. The molecule has 158 valence electrons. The summed E-state index contributed by atoms with van der Waals surface area (Å²) in [6.07, 6.45) is 0. The third kappa shape index (κ3) is 5.17.